The van der Waals surface area contributed by atoms with Crippen LogP contribution < -0.4 is 5.32 Å². The standard InChI is InChI=1S/C17H18BrN3/c1-12(13-7-3-5-9-15(13)18)19-11-16-14-8-4-6-10-17(14)21(2)20-16/h3-10,12,19H,11H2,1-2H3/t12-/m1/s1. The molecule has 4 heteroatoms. The molecule has 0 aliphatic heterocycles. The maximum atomic E-state index is 4.62. The fourth-order valence-corrected chi connectivity index (χ4v) is 3.23. The molecule has 1 atom stereocenters. The van der Waals surface area contributed by atoms with Gasteiger partial charge in [-0.15, -0.1) is 0 Å². The van der Waals surface area contributed by atoms with Crippen molar-refractivity contribution in [2.24, 2.45) is 7.05 Å². The Kier molecular flexibility index (Phi) is 4.08. The second-order valence-electron chi connectivity index (χ2n) is 5.21. The van der Waals surface area contributed by atoms with Crippen molar-refractivity contribution in [1.82, 2.24) is 15.1 Å². The second kappa shape index (κ2) is 6.00. The fourth-order valence-electron chi connectivity index (χ4n) is 2.61. The van der Waals surface area contributed by atoms with E-state index in [4.69, 9.17) is 0 Å². The number of halogens is 1. The number of hydrogen-bond donors (Lipinski definition) is 1. The molecule has 0 aliphatic carbocycles. The molecule has 0 spiro atoms. The smallest absolute Gasteiger partial charge is 0.0841 e. The highest BCUT2D eigenvalue weighted by atomic mass is 79.9. The molecule has 0 saturated heterocycles. The largest absolute Gasteiger partial charge is 0.304 e. The normalized spacial score (nSPS) is 12.7. The molecule has 0 aliphatic rings. The number of nitrogens with zero attached hydrogens (tertiary/aromatic N) is 2. The third kappa shape index (κ3) is 2.87. The van der Waals surface area contributed by atoms with Crippen molar-refractivity contribution in [3.05, 3.63) is 64.3 Å². The molecule has 1 aromatic heterocycles. The summed E-state index contributed by atoms with van der Waals surface area (Å²) in [6.45, 7) is 2.93. The van der Waals surface area contributed by atoms with Crippen LogP contribution in [-0.4, -0.2) is 9.78 Å². The van der Waals surface area contributed by atoms with E-state index in [1.54, 1.807) is 0 Å². The third-order valence-corrected chi connectivity index (χ3v) is 4.50. The summed E-state index contributed by atoms with van der Waals surface area (Å²) in [5, 5.41) is 9.39. The number of nitrogens with one attached hydrogen (secondary N) is 1. The number of hydrogen-bond acceptors (Lipinski definition) is 2. The highest BCUT2D eigenvalue weighted by Gasteiger charge is 2.11. The van der Waals surface area contributed by atoms with E-state index in [1.165, 1.54) is 16.5 Å². The Morgan fingerprint density at radius 3 is 2.67 bits per heavy atom. The number of para-hydroxylation sites is 1. The molecule has 1 heterocycles. The first-order valence-electron chi connectivity index (χ1n) is 7.05. The maximum Gasteiger partial charge on any atom is 0.0841 e. The average Bonchev–Trinajstić information content (AvgIpc) is 2.82. The van der Waals surface area contributed by atoms with Crippen LogP contribution >= 0.6 is 15.9 Å². The Balaban J connectivity index is 1.79. The summed E-state index contributed by atoms with van der Waals surface area (Å²) in [5.74, 6) is 0. The van der Waals surface area contributed by atoms with Crippen molar-refractivity contribution in [2.75, 3.05) is 0 Å². The Hall–Kier alpha value is -1.65. The Morgan fingerprint density at radius 1 is 1.14 bits per heavy atom. The van der Waals surface area contributed by atoms with Crippen molar-refractivity contribution >= 4 is 26.8 Å². The molecule has 0 fully saturated rings. The van der Waals surface area contributed by atoms with Crippen LogP contribution in [0, 0.1) is 0 Å². The van der Waals surface area contributed by atoms with Crippen LogP contribution in [0.2, 0.25) is 0 Å². The minimum Gasteiger partial charge on any atom is -0.304 e. The van der Waals surface area contributed by atoms with Gasteiger partial charge in [-0.3, -0.25) is 4.68 Å². The molecule has 3 rings (SSSR count). The van der Waals surface area contributed by atoms with Gasteiger partial charge in [0.2, 0.25) is 0 Å². The first-order chi connectivity index (χ1) is 10.2. The van der Waals surface area contributed by atoms with E-state index < -0.39 is 0 Å². The van der Waals surface area contributed by atoms with Gasteiger partial charge in [0.1, 0.15) is 0 Å². The Morgan fingerprint density at radius 2 is 1.86 bits per heavy atom. The topological polar surface area (TPSA) is 29.9 Å². The molecule has 1 N–H and O–H groups in total. The zero-order valence-corrected chi connectivity index (χ0v) is 13.8. The van der Waals surface area contributed by atoms with Gasteiger partial charge >= 0.3 is 0 Å². The van der Waals surface area contributed by atoms with Gasteiger partial charge in [0, 0.05) is 29.5 Å². The van der Waals surface area contributed by atoms with Crippen LogP contribution in [0.4, 0.5) is 0 Å². The predicted octanol–water partition coefficient (Wildman–Crippen LogP) is 4.19. The monoisotopic (exact) mass is 343 g/mol. The summed E-state index contributed by atoms with van der Waals surface area (Å²) < 4.78 is 3.08. The number of fused-ring (bicyclic) bond motifs is 1. The first kappa shape index (κ1) is 14.3. The maximum absolute atomic E-state index is 4.62. The highest BCUT2D eigenvalue weighted by Crippen LogP contribution is 2.24. The summed E-state index contributed by atoms with van der Waals surface area (Å²) in [6, 6.07) is 16.9. The Labute approximate surface area is 133 Å². The van der Waals surface area contributed by atoms with E-state index in [0.29, 0.717) is 0 Å². The SMILES string of the molecule is C[C@@H](NCc1nn(C)c2ccccc12)c1ccccc1Br. The summed E-state index contributed by atoms with van der Waals surface area (Å²) in [7, 11) is 1.99. The van der Waals surface area contributed by atoms with Crippen LogP contribution in [-0.2, 0) is 13.6 Å². The summed E-state index contributed by atoms with van der Waals surface area (Å²) in [5.41, 5.74) is 3.52. The van der Waals surface area contributed by atoms with E-state index in [1.807, 2.05) is 23.9 Å². The quantitative estimate of drug-likeness (QED) is 0.769. The van der Waals surface area contributed by atoms with Crippen molar-refractivity contribution in [3.8, 4) is 0 Å². The van der Waals surface area contributed by atoms with Crippen LogP contribution in [0.5, 0.6) is 0 Å². The van der Waals surface area contributed by atoms with Gasteiger partial charge in [0.05, 0.1) is 11.2 Å². The molecule has 21 heavy (non-hydrogen) atoms. The van der Waals surface area contributed by atoms with Crippen LogP contribution in [0.3, 0.4) is 0 Å². The molecule has 0 unspecified atom stereocenters. The zero-order valence-electron chi connectivity index (χ0n) is 12.2. The number of rotatable bonds is 4. The lowest BCUT2D eigenvalue weighted by Crippen LogP contribution is -2.19. The third-order valence-electron chi connectivity index (χ3n) is 3.78. The second-order valence-corrected chi connectivity index (χ2v) is 6.07. The van der Waals surface area contributed by atoms with Crippen LogP contribution in [0.15, 0.2) is 53.0 Å². The lowest BCUT2D eigenvalue weighted by molar-refractivity contribution is 0.562. The van der Waals surface area contributed by atoms with Gasteiger partial charge in [-0.2, -0.15) is 5.10 Å². The van der Waals surface area contributed by atoms with Gasteiger partial charge in [-0.05, 0) is 24.6 Å². The van der Waals surface area contributed by atoms with E-state index in [-0.39, 0.29) is 6.04 Å². The molecule has 0 bridgehead atoms. The molecular weight excluding hydrogens is 326 g/mol. The molecule has 3 nitrogen and oxygen atoms in total. The van der Waals surface area contributed by atoms with Crippen LogP contribution in [0.25, 0.3) is 10.9 Å². The molecular formula is C17H18BrN3. The lowest BCUT2D eigenvalue weighted by Gasteiger charge is -2.15. The highest BCUT2D eigenvalue weighted by molar-refractivity contribution is 9.10. The Bertz CT molecular complexity index is 764. The van der Waals surface area contributed by atoms with Crippen molar-refractivity contribution in [3.63, 3.8) is 0 Å². The number of aromatic nitrogens is 2. The number of aryl methyl sites for hydroxylation is 1. The van der Waals surface area contributed by atoms with Crippen molar-refractivity contribution in [1.29, 1.82) is 0 Å². The van der Waals surface area contributed by atoms with Gasteiger partial charge in [-0.25, -0.2) is 0 Å². The molecule has 2 aromatic carbocycles. The van der Waals surface area contributed by atoms with E-state index in [0.717, 1.165) is 16.7 Å². The predicted molar refractivity (Wildman–Crippen MR) is 90.1 cm³/mol. The molecule has 108 valence electrons. The van der Waals surface area contributed by atoms with Gasteiger partial charge in [0.15, 0.2) is 0 Å². The van der Waals surface area contributed by atoms with Crippen molar-refractivity contribution < 1.29 is 0 Å². The zero-order chi connectivity index (χ0) is 14.8. The number of benzene rings is 2. The van der Waals surface area contributed by atoms with E-state index >= 15 is 0 Å². The van der Waals surface area contributed by atoms with E-state index in [2.05, 4.69) is 69.7 Å². The molecule has 3 aromatic rings. The van der Waals surface area contributed by atoms with Gasteiger partial charge < -0.3 is 5.32 Å². The van der Waals surface area contributed by atoms with Gasteiger partial charge in [0.25, 0.3) is 0 Å². The van der Waals surface area contributed by atoms with Crippen molar-refractivity contribution in [2.45, 2.75) is 19.5 Å². The summed E-state index contributed by atoms with van der Waals surface area (Å²) >= 11 is 3.61. The summed E-state index contributed by atoms with van der Waals surface area (Å²) in [6.07, 6.45) is 0. The molecule has 0 saturated carbocycles. The lowest BCUT2D eigenvalue weighted by atomic mass is 10.1. The minimum atomic E-state index is 0.265. The fraction of sp³-hybridized carbons (Fsp3) is 0.235. The summed E-state index contributed by atoms with van der Waals surface area (Å²) in [4.78, 5) is 0. The average molecular weight is 344 g/mol. The van der Waals surface area contributed by atoms with E-state index in [9.17, 15) is 0 Å². The molecule has 0 radical (unpaired) electrons. The van der Waals surface area contributed by atoms with Crippen LogP contribution in [0.1, 0.15) is 24.2 Å². The van der Waals surface area contributed by atoms with Gasteiger partial charge in [-0.1, -0.05) is 52.3 Å². The molecule has 0 amide bonds. The first-order valence-corrected chi connectivity index (χ1v) is 7.84. The minimum absolute atomic E-state index is 0.265.